The number of nitrogens with one attached hydrogen (secondary N) is 1. The Hall–Kier alpha value is -1.78. The molecule has 5 heteroatoms. The van der Waals surface area contributed by atoms with E-state index in [1.165, 1.54) is 6.26 Å². The van der Waals surface area contributed by atoms with E-state index in [1.807, 2.05) is 19.1 Å². The molecule has 20 heavy (non-hydrogen) atoms. The van der Waals surface area contributed by atoms with Crippen molar-refractivity contribution in [3.05, 3.63) is 59.0 Å². The normalized spacial score (nSPS) is 13.8. The van der Waals surface area contributed by atoms with Gasteiger partial charge >= 0.3 is 0 Å². The Labute approximate surface area is 122 Å². The number of furan rings is 1. The number of ether oxygens (including phenoxy) is 1. The van der Waals surface area contributed by atoms with Crippen LogP contribution in [0.5, 0.6) is 0 Å². The van der Waals surface area contributed by atoms with Gasteiger partial charge in [0, 0.05) is 12.1 Å². The van der Waals surface area contributed by atoms with E-state index in [0.29, 0.717) is 5.02 Å². The first kappa shape index (κ1) is 14.6. The number of rotatable bonds is 5. The van der Waals surface area contributed by atoms with Crippen LogP contribution in [0.2, 0.25) is 5.02 Å². The number of carbonyl (C=O) groups excluding carboxylic acids is 1. The van der Waals surface area contributed by atoms with Crippen molar-refractivity contribution in [1.82, 2.24) is 5.32 Å². The monoisotopic (exact) mass is 293 g/mol. The standard InChI is InChI=1S/C15H16ClNO3/c1-10(17-15(18)13-4-3-9-20-13)14(19-2)11-5-7-12(16)8-6-11/h3-10,14H,1-2H3,(H,17,18)/t10-,14+/m1/s1. The molecule has 0 aliphatic heterocycles. The summed E-state index contributed by atoms with van der Waals surface area (Å²) in [5, 5.41) is 3.52. The molecule has 0 spiro atoms. The highest BCUT2D eigenvalue weighted by molar-refractivity contribution is 6.30. The molecule has 1 aromatic heterocycles. The lowest BCUT2D eigenvalue weighted by molar-refractivity contribution is 0.0632. The van der Waals surface area contributed by atoms with Crippen LogP contribution in [-0.2, 0) is 4.74 Å². The van der Waals surface area contributed by atoms with Crippen LogP contribution in [0.3, 0.4) is 0 Å². The van der Waals surface area contributed by atoms with Gasteiger partial charge in [-0.3, -0.25) is 4.79 Å². The van der Waals surface area contributed by atoms with Gasteiger partial charge in [-0.25, -0.2) is 0 Å². The number of halogens is 1. The predicted octanol–water partition coefficient (Wildman–Crippen LogP) is 3.44. The third kappa shape index (κ3) is 3.40. The van der Waals surface area contributed by atoms with Crippen molar-refractivity contribution in [1.29, 1.82) is 0 Å². The van der Waals surface area contributed by atoms with Crippen molar-refractivity contribution < 1.29 is 13.9 Å². The maximum atomic E-state index is 11.9. The van der Waals surface area contributed by atoms with E-state index >= 15 is 0 Å². The zero-order chi connectivity index (χ0) is 14.5. The number of hydrogen-bond acceptors (Lipinski definition) is 3. The van der Waals surface area contributed by atoms with E-state index in [-0.39, 0.29) is 23.8 Å². The SMILES string of the molecule is CO[C@H](c1ccc(Cl)cc1)[C@@H](C)NC(=O)c1ccco1. The van der Waals surface area contributed by atoms with Crippen molar-refractivity contribution in [3.63, 3.8) is 0 Å². The first-order valence-corrected chi connectivity index (χ1v) is 6.62. The number of methoxy groups -OCH3 is 1. The van der Waals surface area contributed by atoms with Crippen LogP contribution in [-0.4, -0.2) is 19.1 Å². The van der Waals surface area contributed by atoms with Gasteiger partial charge in [-0.15, -0.1) is 0 Å². The Morgan fingerprint density at radius 3 is 2.55 bits per heavy atom. The molecule has 4 nitrogen and oxygen atoms in total. The van der Waals surface area contributed by atoms with Crippen molar-refractivity contribution in [2.24, 2.45) is 0 Å². The van der Waals surface area contributed by atoms with Crippen LogP contribution in [0.15, 0.2) is 47.1 Å². The fourth-order valence-electron chi connectivity index (χ4n) is 2.04. The average molecular weight is 294 g/mol. The van der Waals surface area contributed by atoms with Crippen LogP contribution in [0.4, 0.5) is 0 Å². The molecule has 0 radical (unpaired) electrons. The van der Waals surface area contributed by atoms with E-state index < -0.39 is 0 Å². The summed E-state index contributed by atoms with van der Waals surface area (Å²) >= 11 is 5.87. The topological polar surface area (TPSA) is 51.5 Å². The van der Waals surface area contributed by atoms with Gasteiger partial charge in [0.25, 0.3) is 5.91 Å². The lowest BCUT2D eigenvalue weighted by atomic mass is 10.0. The minimum atomic E-state index is -0.265. The molecular weight excluding hydrogens is 278 g/mol. The molecule has 2 aromatic rings. The summed E-state index contributed by atoms with van der Waals surface area (Å²) in [5.74, 6) is 0.0151. The van der Waals surface area contributed by atoms with Gasteiger partial charge in [-0.1, -0.05) is 23.7 Å². The zero-order valence-corrected chi connectivity index (χ0v) is 12.1. The van der Waals surface area contributed by atoms with Crippen molar-refractivity contribution >= 4 is 17.5 Å². The second kappa shape index (κ2) is 6.59. The molecule has 0 saturated carbocycles. The minimum absolute atomic E-state index is 0.209. The molecule has 2 atom stereocenters. The Kier molecular flexibility index (Phi) is 4.82. The van der Waals surface area contributed by atoms with Crippen LogP contribution in [0, 0.1) is 0 Å². The van der Waals surface area contributed by atoms with Crippen LogP contribution >= 0.6 is 11.6 Å². The largest absolute Gasteiger partial charge is 0.459 e. The predicted molar refractivity (Wildman–Crippen MR) is 76.8 cm³/mol. The second-order valence-electron chi connectivity index (χ2n) is 4.45. The smallest absolute Gasteiger partial charge is 0.287 e. The first-order valence-electron chi connectivity index (χ1n) is 6.24. The molecular formula is C15H16ClNO3. The second-order valence-corrected chi connectivity index (χ2v) is 4.88. The summed E-state index contributed by atoms with van der Waals surface area (Å²) in [5.41, 5.74) is 0.948. The lowest BCUT2D eigenvalue weighted by Crippen LogP contribution is -2.37. The number of carbonyl (C=O) groups is 1. The highest BCUT2D eigenvalue weighted by Crippen LogP contribution is 2.22. The van der Waals surface area contributed by atoms with Gasteiger partial charge in [0.15, 0.2) is 5.76 Å². The molecule has 0 aliphatic carbocycles. The molecule has 0 fully saturated rings. The number of benzene rings is 1. The molecule has 0 aliphatic rings. The van der Waals surface area contributed by atoms with E-state index in [9.17, 15) is 4.79 Å². The zero-order valence-electron chi connectivity index (χ0n) is 11.3. The van der Waals surface area contributed by atoms with Gasteiger partial charge in [-0.2, -0.15) is 0 Å². The van der Waals surface area contributed by atoms with Crippen LogP contribution < -0.4 is 5.32 Å². The maximum absolute atomic E-state index is 11.9. The van der Waals surface area contributed by atoms with Crippen molar-refractivity contribution in [2.75, 3.05) is 7.11 Å². The van der Waals surface area contributed by atoms with Gasteiger partial charge in [0.05, 0.1) is 12.3 Å². The summed E-state index contributed by atoms with van der Waals surface area (Å²) in [4.78, 5) is 11.9. The molecule has 2 rings (SSSR count). The maximum Gasteiger partial charge on any atom is 0.287 e. The molecule has 106 valence electrons. The number of amides is 1. The summed E-state index contributed by atoms with van der Waals surface area (Å²) < 4.78 is 10.5. The third-order valence-electron chi connectivity index (χ3n) is 3.01. The highest BCUT2D eigenvalue weighted by Gasteiger charge is 2.22. The van der Waals surface area contributed by atoms with E-state index in [2.05, 4.69) is 5.32 Å². The van der Waals surface area contributed by atoms with E-state index in [4.69, 9.17) is 20.8 Å². The quantitative estimate of drug-likeness (QED) is 0.919. The molecule has 1 aromatic carbocycles. The third-order valence-corrected chi connectivity index (χ3v) is 3.26. The summed E-state index contributed by atoms with van der Waals surface area (Å²) in [6.07, 6.45) is 1.21. The minimum Gasteiger partial charge on any atom is -0.459 e. The van der Waals surface area contributed by atoms with Crippen molar-refractivity contribution in [3.8, 4) is 0 Å². The lowest BCUT2D eigenvalue weighted by Gasteiger charge is -2.23. The van der Waals surface area contributed by atoms with Gasteiger partial charge in [0.1, 0.15) is 6.10 Å². The van der Waals surface area contributed by atoms with E-state index in [1.54, 1.807) is 31.4 Å². The van der Waals surface area contributed by atoms with Gasteiger partial charge < -0.3 is 14.5 Å². The molecule has 1 N–H and O–H groups in total. The fraction of sp³-hybridized carbons (Fsp3) is 0.267. The fourth-order valence-corrected chi connectivity index (χ4v) is 2.17. The molecule has 1 heterocycles. The Morgan fingerprint density at radius 2 is 2.00 bits per heavy atom. The molecule has 1 amide bonds. The summed E-state index contributed by atoms with van der Waals surface area (Å²) in [6.45, 7) is 1.88. The Bertz CT molecular complexity index is 551. The van der Waals surface area contributed by atoms with Crippen LogP contribution in [0.1, 0.15) is 29.1 Å². The average Bonchev–Trinajstić information content (AvgIpc) is 2.96. The highest BCUT2D eigenvalue weighted by atomic mass is 35.5. The Morgan fingerprint density at radius 1 is 1.30 bits per heavy atom. The van der Waals surface area contributed by atoms with E-state index in [0.717, 1.165) is 5.56 Å². The summed E-state index contributed by atoms with van der Waals surface area (Å²) in [7, 11) is 1.61. The van der Waals surface area contributed by atoms with Gasteiger partial charge in [0.2, 0.25) is 0 Å². The Balaban J connectivity index is 2.07. The first-order chi connectivity index (χ1) is 9.61. The summed E-state index contributed by atoms with van der Waals surface area (Å²) in [6, 6.07) is 10.4. The van der Waals surface area contributed by atoms with Gasteiger partial charge in [-0.05, 0) is 36.8 Å². The molecule has 0 bridgehead atoms. The van der Waals surface area contributed by atoms with Crippen molar-refractivity contribution in [2.45, 2.75) is 19.1 Å². The van der Waals surface area contributed by atoms with Crippen LogP contribution in [0.25, 0.3) is 0 Å². The number of hydrogen-bond donors (Lipinski definition) is 1. The molecule has 0 saturated heterocycles. The molecule has 0 unspecified atom stereocenters.